The van der Waals surface area contributed by atoms with E-state index in [1.54, 1.807) is 0 Å². The van der Waals surface area contributed by atoms with E-state index in [1.165, 1.54) is 6.08 Å². The lowest BCUT2D eigenvalue weighted by atomic mass is 10.7. The van der Waals surface area contributed by atoms with E-state index < -0.39 is 6.09 Å². The van der Waals surface area contributed by atoms with Gasteiger partial charge in [-0.3, -0.25) is 0 Å². The highest BCUT2D eigenvalue weighted by Gasteiger charge is 1.99. The van der Waals surface area contributed by atoms with Crippen molar-refractivity contribution in [1.82, 2.24) is 5.32 Å². The number of hydrogen-bond acceptors (Lipinski definition) is 4. The monoisotopic (exact) mass is 169 g/mol. The average Bonchev–Trinajstić information content (AvgIpc) is 2.06. The summed E-state index contributed by atoms with van der Waals surface area (Å²) < 4.78 is 4.48. The van der Waals surface area contributed by atoms with Gasteiger partial charge < -0.3 is 14.9 Å². The Morgan fingerprint density at radius 3 is 3.08 bits per heavy atom. The van der Waals surface area contributed by atoms with E-state index in [4.69, 9.17) is 6.57 Å². The van der Waals surface area contributed by atoms with Gasteiger partial charge in [-0.15, -0.1) is 0 Å². The van der Waals surface area contributed by atoms with Gasteiger partial charge in [-0.1, -0.05) is 0 Å². The molecule has 6 heteroatoms. The molecule has 0 unspecified atom stereocenters. The Morgan fingerprint density at radius 2 is 2.50 bits per heavy atom. The van der Waals surface area contributed by atoms with E-state index in [9.17, 15) is 9.59 Å². The topological polar surface area (TPSA) is 72.1 Å². The van der Waals surface area contributed by atoms with Crippen LogP contribution in [0, 0.1) is 6.57 Å². The van der Waals surface area contributed by atoms with Gasteiger partial charge in [0.2, 0.25) is 12.6 Å². The molecule has 0 fully saturated rings. The van der Waals surface area contributed by atoms with E-state index in [0.29, 0.717) is 0 Å². The van der Waals surface area contributed by atoms with E-state index in [2.05, 4.69) is 19.9 Å². The Labute approximate surface area is 69.0 Å². The normalized spacial score (nSPS) is 7.58. The number of aliphatic imine (C=N–C) groups is 1. The van der Waals surface area contributed by atoms with Gasteiger partial charge in [0.25, 0.3) is 0 Å². The van der Waals surface area contributed by atoms with Crippen LogP contribution in [0.1, 0.15) is 0 Å². The number of alkyl carbamates (subject to hydrolysis) is 1. The lowest BCUT2D eigenvalue weighted by Gasteiger charge is -1.99. The summed E-state index contributed by atoms with van der Waals surface area (Å²) in [5, 5.41) is 2.15. The van der Waals surface area contributed by atoms with Crippen LogP contribution < -0.4 is 5.32 Å². The van der Waals surface area contributed by atoms with Crippen LogP contribution in [0.5, 0.6) is 0 Å². The van der Waals surface area contributed by atoms with Crippen LogP contribution in [-0.4, -0.2) is 32.0 Å². The minimum absolute atomic E-state index is 0.0418. The van der Waals surface area contributed by atoms with Crippen molar-refractivity contribution < 1.29 is 14.3 Å². The van der Waals surface area contributed by atoms with Gasteiger partial charge in [-0.2, -0.15) is 4.99 Å². The summed E-state index contributed by atoms with van der Waals surface area (Å²) in [6.07, 6.45) is 0.550. The molecule has 0 aliphatic carbocycles. The van der Waals surface area contributed by atoms with Gasteiger partial charge in [0, 0.05) is 0 Å². The summed E-state index contributed by atoms with van der Waals surface area (Å²) in [7, 11) is 0. The molecule has 0 rings (SSSR count). The fourth-order valence-corrected chi connectivity index (χ4v) is 0.371. The minimum Gasteiger partial charge on any atom is -0.442 e. The zero-order chi connectivity index (χ0) is 9.23. The van der Waals surface area contributed by atoms with Crippen molar-refractivity contribution in [2.24, 2.45) is 4.99 Å². The molecule has 0 aromatic heterocycles. The van der Waals surface area contributed by atoms with Gasteiger partial charge in [0.05, 0.1) is 0 Å². The van der Waals surface area contributed by atoms with Crippen LogP contribution in [0.25, 0.3) is 4.85 Å². The van der Waals surface area contributed by atoms with Crippen molar-refractivity contribution in [3.8, 4) is 0 Å². The Morgan fingerprint density at radius 1 is 1.75 bits per heavy atom. The molecule has 0 spiro atoms. The summed E-state index contributed by atoms with van der Waals surface area (Å²) in [5.41, 5.74) is 0. The molecule has 0 saturated carbocycles. The largest absolute Gasteiger partial charge is 0.442 e. The average molecular weight is 169 g/mol. The van der Waals surface area contributed by atoms with Crippen LogP contribution in [0.15, 0.2) is 4.99 Å². The summed E-state index contributed by atoms with van der Waals surface area (Å²) in [5.74, 6) is 0. The number of nitrogens with zero attached hydrogens (tertiary/aromatic N) is 2. The molecule has 12 heavy (non-hydrogen) atoms. The standard InChI is InChI=1S/C6H7N3O3/c1-7-2-3-12-6(11)9-4-8-5-10/h2-4H2,(H,9,11). The van der Waals surface area contributed by atoms with Crippen LogP contribution in [0.3, 0.4) is 0 Å². The van der Waals surface area contributed by atoms with Crippen LogP contribution >= 0.6 is 0 Å². The SMILES string of the molecule is [C-]#[N+]CCOC(=O)NCN=C=O. The summed E-state index contributed by atoms with van der Waals surface area (Å²) >= 11 is 0. The third-order valence-corrected chi connectivity index (χ3v) is 0.803. The molecule has 0 heterocycles. The molecule has 0 radical (unpaired) electrons. The highest BCUT2D eigenvalue weighted by molar-refractivity contribution is 5.67. The number of nitrogens with one attached hydrogen (secondary N) is 1. The van der Waals surface area contributed by atoms with Crippen LogP contribution in [-0.2, 0) is 9.53 Å². The quantitative estimate of drug-likeness (QED) is 0.277. The molecule has 0 aromatic rings. The molecule has 6 nitrogen and oxygen atoms in total. The molecule has 0 aromatic carbocycles. The van der Waals surface area contributed by atoms with Gasteiger partial charge in [-0.25, -0.2) is 16.2 Å². The molecule has 0 atom stereocenters. The van der Waals surface area contributed by atoms with Crippen molar-refractivity contribution in [1.29, 1.82) is 0 Å². The second-order valence-electron chi connectivity index (χ2n) is 1.60. The van der Waals surface area contributed by atoms with Crippen LogP contribution in [0.4, 0.5) is 4.79 Å². The van der Waals surface area contributed by atoms with Crippen molar-refractivity contribution in [3.05, 3.63) is 11.4 Å². The Bertz CT molecular complexity index is 227. The van der Waals surface area contributed by atoms with Crippen LogP contribution in [0.2, 0.25) is 0 Å². The molecule has 1 N–H and O–H groups in total. The second kappa shape index (κ2) is 7.25. The number of isocyanates is 1. The Hall–Kier alpha value is -1.86. The Balaban J connectivity index is 3.35. The fourth-order valence-electron chi connectivity index (χ4n) is 0.371. The van der Waals surface area contributed by atoms with E-state index in [1.807, 2.05) is 0 Å². The molecule has 0 aliphatic rings. The van der Waals surface area contributed by atoms with Gasteiger partial charge in [0.15, 0.2) is 6.61 Å². The van der Waals surface area contributed by atoms with Gasteiger partial charge in [-0.05, 0) is 0 Å². The van der Waals surface area contributed by atoms with Crippen molar-refractivity contribution in [2.75, 3.05) is 19.8 Å². The van der Waals surface area contributed by atoms with E-state index in [0.717, 1.165) is 0 Å². The maximum absolute atomic E-state index is 10.6. The molecule has 0 aliphatic heterocycles. The van der Waals surface area contributed by atoms with Gasteiger partial charge in [0.1, 0.15) is 6.67 Å². The zero-order valence-electron chi connectivity index (χ0n) is 6.24. The van der Waals surface area contributed by atoms with Crippen molar-refractivity contribution in [3.63, 3.8) is 0 Å². The molecule has 0 bridgehead atoms. The maximum Gasteiger partial charge on any atom is 0.408 e. The first-order valence-electron chi connectivity index (χ1n) is 3.08. The first-order chi connectivity index (χ1) is 5.81. The third-order valence-electron chi connectivity index (χ3n) is 0.803. The predicted molar refractivity (Wildman–Crippen MR) is 38.9 cm³/mol. The van der Waals surface area contributed by atoms with E-state index >= 15 is 0 Å². The number of carbonyl (C=O) groups is 1. The summed E-state index contributed by atoms with van der Waals surface area (Å²) in [6.45, 7) is 6.38. The highest BCUT2D eigenvalue weighted by atomic mass is 16.5. The summed E-state index contributed by atoms with van der Waals surface area (Å²) in [4.78, 5) is 26.1. The lowest BCUT2D eigenvalue weighted by molar-refractivity contribution is 0.152. The molecular weight excluding hydrogens is 162 g/mol. The van der Waals surface area contributed by atoms with Gasteiger partial charge >= 0.3 is 6.09 Å². The maximum atomic E-state index is 10.6. The van der Waals surface area contributed by atoms with E-state index in [-0.39, 0.29) is 19.8 Å². The number of ether oxygens (including phenoxy) is 1. The minimum atomic E-state index is -0.697. The smallest absolute Gasteiger partial charge is 0.408 e. The molecule has 0 saturated heterocycles. The highest BCUT2D eigenvalue weighted by Crippen LogP contribution is 1.77. The second-order valence-corrected chi connectivity index (χ2v) is 1.60. The lowest BCUT2D eigenvalue weighted by Crippen LogP contribution is -2.25. The fraction of sp³-hybridized carbons (Fsp3) is 0.500. The third kappa shape index (κ3) is 6.26. The first-order valence-corrected chi connectivity index (χ1v) is 3.08. The van der Waals surface area contributed by atoms with Crippen molar-refractivity contribution in [2.45, 2.75) is 0 Å². The molecule has 1 amide bonds. The number of hydrogen-bond donors (Lipinski definition) is 1. The molecule has 64 valence electrons. The number of amides is 1. The zero-order valence-corrected chi connectivity index (χ0v) is 6.24. The first kappa shape index (κ1) is 10.1. The summed E-state index contributed by atoms with van der Waals surface area (Å²) in [6, 6.07) is 0. The Kier molecular flexibility index (Phi) is 6.13. The number of rotatable bonds is 4. The van der Waals surface area contributed by atoms with Crippen molar-refractivity contribution >= 4 is 12.2 Å². The predicted octanol–water partition coefficient (Wildman–Crippen LogP) is -0.0748. The molecular formula is C6H7N3O3. The number of carbonyl (C=O) groups excluding carboxylic acids is 2.